The van der Waals surface area contributed by atoms with E-state index in [1.807, 2.05) is 54.6 Å². The molecule has 1 saturated heterocycles. The maximum atomic E-state index is 13.6. The highest BCUT2D eigenvalue weighted by atomic mass is 35.5. The number of nitrogens with one attached hydrogen (secondary N) is 1. The molecule has 1 aliphatic rings. The number of para-hydroxylation sites is 1. The van der Waals surface area contributed by atoms with Gasteiger partial charge < -0.3 is 14.8 Å². The van der Waals surface area contributed by atoms with Crippen molar-refractivity contribution in [1.82, 2.24) is 19.1 Å². The Morgan fingerprint density at radius 1 is 0.705 bits per heavy atom. The van der Waals surface area contributed by atoms with Crippen molar-refractivity contribution in [3.05, 3.63) is 137 Å². The van der Waals surface area contributed by atoms with Crippen LogP contribution >= 0.6 is 11.6 Å². The predicted molar refractivity (Wildman–Crippen MR) is 171 cm³/mol. The summed E-state index contributed by atoms with van der Waals surface area (Å²) in [6.45, 7) is 2.06. The van der Waals surface area contributed by atoms with E-state index in [0.29, 0.717) is 42.3 Å². The fourth-order valence-electron chi connectivity index (χ4n) is 5.44. The molecule has 1 fully saturated rings. The summed E-state index contributed by atoms with van der Waals surface area (Å²) in [5.41, 5.74) is 3.68. The van der Waals surface area contributed by atoms with E-state index in [-0.39, 0.29) is 29.8 Å². The molecule has 0 bridgehead atoms. The molecular weight excluding hydrogens is 596 g/mol. The number of aromatic amines is 1. The zero-order valence-electron chi connectivity index (χ0n) is 23.9. The van der Waals surface area contributed by atoms with Crippen LogP contribution in [-0.4, -0.2) is 65.5 Å². The molecular formula is C34H31ClN4O4S. The van der Waals surface area contributed by atoms with E-state index in [2.05, 4.69) is 4.98 Å². The second-order valence-corrected chi connectivity index (χ2v) is 13.1. The molecule has 8 nitrogen and oxygen atoms in total. The number of benzene rings is 4. The van der Waals surface area contributed by atoms with Crippen molar-refractivity contribution in [3.63, 3.8) is 0 Å². The SMILES string of the molecule is O=C(c1ccc(CN(Cc2ccccc2)S(=O)(=O)c2ccc(Cl)cc2)cc1)N1CCN(C(=O)c2c[nH]c3ccccc23)CC1. The van der Waals surface area contributed by atoms with Crippen molar-refractivity contribution in [3.8, 4) is 0 Å². The topological polar surface area (TPSA) is 93.8 Å². The number of aromatic nitrogens is 1. The van der Waals surface area contributed by atoms with E-state index in [0.717, 1.165) is 22.0 Å². The molecule has 10 heteroatoms. The normalized spacial score (nSPS) is 13.9. The van der Waals surface area contributed by atoms with Gasteiger partial charge in [-0.2, -0.15) is 4.31 Å². The minimum absolute atomic E-state index is 0.0486. The summed E-state index contributed by atoms with van der Waals surface area (Å²) in [5.74, 6) is -0.168. The molecule has 0 spiro atoms. The average Bonchev–Trinajstić information content (AvgIpc) is 3.49. The van der Waals surface area contributed by atoms with Gasteiger partial charge in [0.05, 0.1) is 10.5 Å². The minimum atomic E-state index is -3.83. The van der Waals surface area contributed by atoms with Crippen molar-refractivity contribution >= 4 is 44.3 Å². The molecule has 44 heavy (non-hydrogen) atoms. The molecule has 6 rings (SSSR count). The molecule has 0 unspecified atom stereocenters. The lowest BCUT2D eigenvalue weighted by Gasteiger charge is -2.34. The van der Waals surface area contributed by atoms with Crippen LogP contribution in [0.1, 0.15) is 31.8 Å². The van der Waals surface area contributed by atoms with E-state index in [1.165, 1.54) is 16.4 Å². The van der Waals surface area contributed by atoms with Crippen molar-refractivity contribution in [1.29, 1.82) is 0 Å². The number of carbonyl (C=O) groups is 2. The molecule has 4 aromatic carbocycles. The monoisotopic (exact) mass is 626 g/mol. The van der Waals surface area contributed by atoms with Gasteiger partial charge in [0.2, 0.25) is 10.0 Å². The first-order chi connectivity index (χ1) is 21.3. The second-order valence-electron chi connectivity index (χ2n) is 10.7. The van der Waals surface area contributed by atoms with Crippen molar-refractivity contribution in [2.24, 2.45) is 0 Å². The minimum Gasteiger partial charge on any atom is -0.360 e. The third-order valence-electron chi connectivity index (χ3n) is 7.89. The van der Waals surface area contributed by atoms with E-state index in [9.17, 15) is 18.0 Å². The maximum Gasteiger partial charge on any atom is 0.256 e. The Morgan fingerprint density at radius 3 is 1.93 bits per heavy atom. The molecule has 1 aromatic heterocycles. The lowest BCUT2D eigenvalue weighted by atomic mass is 10.1. The summed E-state index contributed by atoms with van der Waals surface area (Å²) in [6, 6.07) is 30.3. The molecule has 1 N–H and O–H groups in total. The Bertz CT molecular complexity index is 1880. The van der Waals surface area contributed by atoms with Gasteiger partial charge in [0.1, 0.15) is 0 Å². The highest BCUT2D eigenvalue weighted by Gasteiger charge is 2.28. The van der Waals surface area contributed by atoms with Gasteiger partial charge in [-0.05, 0) is 53.6 Å². The molecule has 5 aromatic rings. The van der Waals surface area contributed by atoms with Gasteiger partial charge >= 0.3 is 0 Å². The molecule has 224 valence electrons. The summed E-state index contributed by atoms with van der Waals surface area (Å²) >= 11 is 6.00. The molecule has 0 aliphatic carbocycles. The third kappa shape index (κ3) is 6.26. The molecule has 0 atom stereocenters. The van der Waals surface area contributed by atoms with Crippen LogP contribution in [0.3, 0.4) is 0 Å². The number of H-pyrrole nitrogens is 1. The highest BCUT2D eigenvalue weighted by Crippen LogP contribution is 2.24. The fraction of sp³-hybridized carbons (Fsp3) is 0.176. The summed E-state index contributed by atoms with van der Waals surface area (Å²) in [6.07, 6.45) is 1.74. The van der Waals surface area contributed by atoms with Gasteiger partial charge in [0, 0.05) is 67.0 Å². The highest BCUT2D eigenvalue weighted by molar-refractivity contribution is 7.89. The fourth-order valence-corrected chi connectivity index (χ4v) is 6.98. The van der Waals surface area contributed by atoms with Crippen LogP contribution in [0.15, 0.2) is 114 Å². The summed E-state index contributed by atoms with van der Waals surface area (Å²) in [5, 5.41) is 1.35. The van der Waals surface area contributed by atoms with Gasteiger partial charge in [-0.1, -0.05) is 72.3 Å². The summed E-state index contributed by atoms with van der Waals surface area (Å²) in [7, 11) is -3.83. The van der Waals surface area contributed by atoms with Crippen molar-refractivity contribution in [2.45, 2.75) is 18.0 Å². The van der Waals surface area contributed by atoms with Crippen molar-refractivity contribution in [2.75, 3.05) is 26.2 Å². The molecule has 1 aliphatic heterocycles. The standard InChI is InChI=1S/C34H31ClN4O4S/c35-28-14-16-29(17-15-28)44(42,43)39(23-25-6-2-1-3-7-25)24-26-10-12-27(13-11-26)33(40)37-18-20-38(21-19-37)34(41)31-22-36-32-9-5-4-8-30(31)32/h1-17,22,36H,18-21,23-24H2. The number of hydrogen-bond acceptors (Lipinski definition) is 4. The Morgan fingerprint density at radius 2 is 1.27 bits per heavy atom. The Hall–Kier alpha value is -4.44. The Labute approximate surface area is 261 Å². The van der Waals surface area contributed by atoms with Crippen LogP contribution in [0.5, 0.6) is 0 Å². The van der Waals surface area contributed by atoms with E-state index >= 15 is 0 Å². The lowest BCUT2D eigenvalue weighted by molar-refractivity contribution is 0.0536. The van der Waals surface area contributed by atoms with Crippen LogP contribution in [0.2, 0.25) is 5.02 Å². The van der Waals surface area contributed by atoms with Crippen LogP contribution in [0.4, 0.5) is 0 Å². The Kier molecular flexibility index (Phi) is 8.52. The van der Waals surface area contributed by atoms with E-state index in [4.69, 9.17) is 11.6 Å². The van der Waals surface area contributed by atoms with E-state index < -0.39 is 10.0 Å². The van der Waals surface area contributed by atoms with Gasteiger partial charge in [0.15, 0.2) is 0 Å². The first-order valence-electron chi connectivity index (χ1n) is 14.3. The first-order valence-corrected chi connectivity index (χ1v) is 16.1. The number of rotatable bonds is 8. The molecule has 2 amide bonds. The molecule has 0 saturated carbocycles. The van der Waals surface area contributed by atoms with Crippen LogP contribution in [0, 0.1) is 0 Å². The Balaban J connectivity index is 1.12. The van der Waals surface area contributed by atoms with Gasteiger partial charge in [-0.3, -0.25) is 9.59 Å². The predicted octanol–water partition coefficient (Wildman–Crippen LogP) is 5.81. The van der Waals surface area contributed by atoms with Crippen LogP contribution in [0.25, 0.3) is 10.9 Å². The zero-order valence-corrected chi connectivity index (χ0v) is 25.5. The summed E-state index contributed by atoms with van der Waals surface area (Å²) in [4.78, 5) is 33.4. The number of nitrogens with zero attached hydrogens (tertiary/aromatic N) is 3. The molecule has 2 heterocycles. The number of fused-ring (bicyclic) bond motifs is 1. The third-order valence-corrected chi connectivity index (χ3v) is 9.94. The lowest BCUT2D eigenvalue weighted by Crippen LogP contribution is -2.50. The quantitative estimate of drug-likeness (QED) is 0.235. The number of halogens is 1. The smallest absolute Gasteiger partial charge is 0.256 e. The molecule has 0 radical (unpaired) electrons. The largest absolute Gasteiger partial charge is 0.360 e. The van der Waals surface area contributed by atoms with E-state index in [1.54, 1.807) is 52.4 Å². The van der Waals surface area contributed by atoms with Gasteiger partial charge in [-0.25, -0.2) is 8.42 Å². The number of hydrogen-bond donors (Lipinski definition) is 1. The zero-order chi connectivity index (χ0) is 30.7. The maximum absolute atomic E-state index is 13.6. The van der Waals surface area contributed by atoms with Crippen LogP contribution < -0.4 is 0 Å². The number of piperazine rings is 1. The van der Waals surface area contributed by atoms with Crippen LogP contribution in [-0.2, 0) is 23.1 Å². The average molecular weight is 627 g/mol. The number of amides is 2. The van der Waals surface area contributed by atoms with Gasteiger partial charge in [0.25, 0.3) is 11.8 Å². The van der Waals surface area contributed by atoms with Crippen molar-refractivity contribution < 1.29 is 18.0 Å². The summed E-state index contributed by atoms with van der Waals surface area (Å²) < 4.78 is 28.7. The first kappa shape index (κ1) is 29.6. The second kappa shape index (κ2) is 12.7. The number of sulfonamides is 1. The number of carbonyl (C=O) groups excluding carboxylic acids is 2. The van der Waals surface area contributed by atoms with Gasteiger partial charge in [-0.15, -0.1) is 0 Å².